The number of nitrogens with one attached hydrogen (secondary N) is 1. The number of H-pyrrole nitrogens is 1. The van der Waals surface area contributed by atoms with Gasteiger partial charge in [0.1, 0.15) is 16.5 Å². The average molecular weight is 374 g/mol. The van der Waals surface area contributed by atoms with Gasteiger partial charge in [0.25, 0.3) is 0 Å². The number of hydrogen-bond acceptors (Lipinski definition) is 3. The summed E-state index contributed by atoms with van der Waals surface area (Å²) in [5.74, 6) is -3.13. The normalized spacial score (nSPS) is 11.8. The highest BCUT2D eigenvalue weighted by molar-refractivity contribution is 7.91. The molecule has 2 aromatic carbocycles. The molecule has 3 aromatic rings. The monoisotopic (exact) mass is 373 g/mol. The standard InChI is InChI=1S/C15H7ClF3NO3S/c16-11-2-1-10-14(13(11)19)20-6-12(15(10)21)24(22,23)9-4-7(17)3-8(18)5-9/h1-6H,(H,20,21). The van der Waals surface area contributed by atoms with E-state index < -0.39 is 42.5 Å². The van der Waals surface area contributed by atoms with Crippen LogP contribution in [0.1, 0.15) is 0 Å². The van der Waals surface area contributed by atoms with Gasteiger partial charge in [0.05, 0.1) is 15.4 Å². The molecule has 124 valence electrons. The van der Waals surface area contributed by atoms with E-state index in [1.54, 1.807) is 0 Å². The topological polar surface area (TPSA) is 67.0 Å². The molecule has 0 amide bonds. The Bertz CT molecular complexity index is 1120. The Morgan fingerprint density at radius 1 is 1.00 bits per heavy atom. The van der Waals surface area contributed by atoms with Crippen LogP contribution in [0.3, 0.4) is 0 Å². The second-order valence-electron chi connectivity index (χ2n) is 4.87. The van der Waals surface area contributed by atoms with Crippen molar-refractivity contribution in [1.82, 2.24) is 4.98 Å². The van der Waals surface area contributed by atoms with E-state index in [1.807, 2.05) is 0 Å². The van der Waals surface area contributed by atoms with Crippen molar-refractivity contribution in [3.8, 4) is 0 Å². The van der Waals surface area contributed by atoms with Crippen LogP contribution in [0.25, 0.3) is 10.9 Å². The Balaban J connectivity index is 2.31. The lowest BCUT2D eigenvalue weighted by Crippen LogP contribution is -2.17. The summed E-state index contributed by atoms with van der Waals surface area (Å²) in [6.45, 7) is 0. The van der Waals surface area contributed by atoms with E-state index in [0.29, 0.717) is 18.2 Å². The van der Waals surface area contributed by atoms with E-state index >= 15 is 0 Å². The van der Waals surface area contributed by atoms with Gasteiger partial charge < -0.3 is 4.98 Å². The number of halogens is 4. The zero-order valence-electron chi connectivity index (χ0n) is 11.6. The van der Waals surface area contributed by atoms with Gasteiger partial charge in [-0.1, -0.05) is 11.6 Å². The quantitative estimate of drug-likeness (QED) is 0.748. The van der Waals surface area contributed by atoms with Crippen molar-refractivity contribution in [1.29, 1.82) is 0 Å². The van der Waals surface area contributed by atoms with Crippen molar-refractivity contribution in [2.45, 2.75) is 9.79 Å². The van der Waals surface area contributed by atoms with E-state index in [1.165, 1.54) is 0 Å². The molecule has 0 radical (unpaired) electrons. The number of pyridine rings is 1. The van der Waals surface area contributed by atoms with Crippen LogP contribution in [0.5, 0.6) is 0 Å². The smallest absolute Gasteiger partial charge is 0.212 e. The zero-order chi connectivity index (χ0) is 17.6. The molecule has 1 aromatic heterocycles. The van der Waals surface area contributed by atoms with Crippen LogP contribution in [0.2, 0.25) is 5.02 Å². The van der Waals surface area contributed by atoms with Gasteiger partial charge in [-0.2, -0.15) is 0 Å². The van der Waals surface area contributed by atoms with Gasteiger partial charge in [0.15, 0.2) is 5.82 Å². The van der Waals surface area contributed by atoms with Crippen LogP contribution in [0.4, 0.5) is 13.2 Å². The number of rotatable bonds is 2. The summed E-state index contributed by atoms with van der Waals surface area (Å²) < 4.78 is 65.4. The van der Waals surface area contributed by atoms with E-state index in [-0.39, 0.29) is 15.9 Å². The third-order valence-corrected chi connectivity index (χ3v) is 5.38. The Hall–Kier alpha value is -2.32. The maximum Gasteiger partial charge on any atom is 0.212 e. The molecule has 3 rings (SSSR count). The molecule has 4 nitrogen and oxygen atoms in total. The first kappa shape index (κ1) is 16.5. The van der Waals surface area contributed by atoms with Crippen molar-refractivity contribution in [3.05, 3.63) is 69.2 Å². The molecule has 24 heavy (non-hydrogen) atoms. The highest BCUT2D eigenvalue weighted by atomic mass is 35.5. The summed E-state index contributed by atoms with van der Waals surface area (Å²) in [5.41, 5.74) is -1.28. The average Bonchev–Trinajstić information content (AvgIpc) is 2.50. The predicted molar refractivity (Wildman–Crippen MR) is 81.3 cm³/mol. The van der Waals surface area contributed by atoms with Gasteiger partial charge in [-0.15, -0.1) is 0 Å². The molecule has 0 spiro atoms. The Morgan fingerprint density at radius 2 is 1.62 bits per heavy atom. The minimum Gasteiger partial charge on any atom is -0.357 e. The van der Waals surface area contributed by atoms with Crippen molar-refractivity contribution in [2.75, 3.05) is 0 Å². The molecule has 0 aliphatic heterocycles. The van der Waals surface area contributed by atoms with Crippen molar-refractivity contribution < 1.29 is 21.6 Å². The summed E-state index contributed by atoms with van der Waals surface area (Å²) in [7, 11) is -4.51. The molecule has 0 aliphatic carbocycles. The third-order valence-electron chi connectivity index (χ3n) is 3.35. The molecule has 0 bridgehead atoms. The fraction of sp³-hybridized carbons (Fsp3) is 0. The van der Waals surface area contributed by atoms with Crippen LogP contribution in [0, 0.1) is 17.5 Å². The molecule has 0 fully saturated rings. The van der Waals surface area contributed by atoms with Gasteiger partial charge in [-0.3, -0.25) is 4.79 Å². The second-order valence-corrected chi connectivity index (χ2v) is 7.20. The molecule has 0 unspecified atom stereocenters. The number of sulfone groups is 1. The molecule has 9 heteroatoms. The number of fused-ring (bicyclic) bond motifs is 1. The molecule has 0 saturated carbocycles. The fourth-order valence-electron chi connectivity index (χ4n) is 2.23. The largest absolute Gasteiger partial charge is 0.357 e. The zero-order valence-corrected chi connectivity index (χ0v) is 13.2. The van der Waals surface area contributed by atoms with E-state index in [4.69, 9.17) is 11.6 Å². The molecule has 1 heterocycles. The molecular formula is C15H7ClF3NO3S. The van der Waals surface area contributed by atoms with Crippen LogP contribution in [-0.4, -0.2) is 13.4 Å². The van der Waals surface area contributed by atoms with Gasteiger partial charge in [-0.05, 0) is 24.3 Å². The lowest BCUT2D eigenvalue weighted by molar-refractivity contribution is 0.566. The molecule has 0 saturated heterocycles. The van der Waals surface area contributed by atoms with E-state index in [0.717, 1.165) is 18.3 Å². The summed E-state index contributed by atoms with van der Waals surface area (Å²) in [6.07, 6.45) is 0.766. The number of aromatic amines is 1. The highest BCUT2D eigenvalue weighted by Gasteiger charge is 2.24. The Labute approximate surface area is 138 Å². The highest BCUT2D eigenvalue weighted by Crippen LogP contribution is 2.24. The number of aromatic nitrogens is 1. The first-order valence-electron chi connectivity index (χ1n) is 6.42. The molecule has 1 N–H and O–H groups in total. The third kappa shape index (κ3) is 2.57. The molecule has 0 atom stereocenters. The van der Waals surface area contributed by atoms with Gasteiger partial charge in [0.2, 0.25) is 15.3 Å². The summed E-state index contributed by atoms with van der Waals surface area (Å²) in [6, 6.07) is 3.94. The number of benzene rings is 2. The van der Waals surface area contributed by atoms with Gasteiger partial charge in [0, 0.05) is 17.6 Å². The Morgan fingerprint density at radius 3 is 2.25 bits per heavy atom. The number of hydrogen-bond donors (Lipinski definition) is 1. The molecule has 0 aliphatic rings. The summed E-state index contributed by atoms with van der Waals surface area (Å²) in [5, 5.41) is -0.504. The summed E-state index contributed by atoms with van der Waals surface area (Å²) in [4.78, 5) is 13.2. The van der Waals surface area contributed by atoms with Crippen LogP contribution in [0.15, 0.2) is 51.1 Å². The lowest BCUT2D eigenvalue weighted by atomic mass is 10.2. The van der Waals surface area contributed by atoms with Crippen molar-refractivity contribution >= 4 is 32.3 Å². The maximum atomic E-state index is 13.9. The van der Waals surface area contributed by atoms with Crippen LogP contribution >= 0.6 is 11.6 Å². The van der Waals surface area contributed by atoms with Gasteiger partial charge >= 0.3 is 0 Å². The minimum absolute atomic E-state index is 0.249. The first-order chi connectivity index (χ1) is 11.2. The van der Waals surface area contributed by atoms with Crippen LogP contribution in [-0.2, 0) is 9.84 Å². The minimum atomic E-state index is -4.51. The van der Waals surface area contributed by atoms with Crippen LogP contribution < -0.4 is 5.43 Å². The SMILES string of the molecule is O=c1c(S(=O)(=O)c2cc(F)cc(F)c2)c[nH]c2c(F)c(Cl)ccc12. The second kappa shape index (κ2) is 5.64. The van der Waals surface area contributed by atoms with E-state index in [9.17, 15) is 26.4 Å². The van der Waals surface area contributed by atoms with E-state index in [2.05, 4.69) is 4.98 Å². The predicted octanol–water partition coefficient (Wildman–Crippen LogP) is 3.43. The fourth-order valence-corrected chi connectivity index (χ4v) is 3.74. The van der Waals surface area contributed by atoms with Gasteiger partial charge in [-0.25, -0.2) is 21.6 Å². The molecular weight excluding hydrogens is 367 g/mol. The van der Waals surface area contributed by atoms with Crippen molar-refractivity contribution in [2.24, 2.45) is 0 Å². The maximum absolute atomic E-state index is 13.9. The summed E-state index contributed by atoms with van der Waals surface area (Å²) >= 11 is 5.60. The first-order valence-corrected chi connectivity index (χ1v) is 8.28. The Kier molecular flexibility index (Phi) is 3.89. The lowest BCUT2D eigenvalue weighted by Gasteiger charge is -2.07. The van der Waals surface area contributed by atoms with Crippen molar-refractivity contribution in [3.63, 3.8) is 0 Å².